The number of nitrogens with one attached hydrogen (secondary N) is 1. The SMILES string of the molecule is Cc1cccc(N2CCN(CCC(=O)Nc3cc4c(cc3N)OCO4)CC2)c1.Cl.Cl. The zero-order chi connectivity index (χ0) is 19.5. The number of nitrogens with two attached hydrogens (primary N) is 1. The zero-order valence-electron chi connectivity index (χ0n) is 16.9. The summed E-state index contributed by atoms with van der Waals surface area (Å²) < 4.78 is 10.6. The molecule has 2 heterocycles. The Balaban J connectivity index is 0.00000160. The van der Waals surface area contributed by atoms with E-state index in [9.17, 15) is 4.79 Å². The Kier molecular flexibility index (Phi) is 8.46. The molecule has 30 heavy (non-hydrogen) atoms. The molecule has 3 N–H and O–H groups in total. The minimum atomic E-state index is -0.0494. The standard InChI is InChI=1S/C21H26N4O3.2ClH/c1-15-3-2-4-16(11-15)25-9-7-24(8-10-25)6-5-21(26)23-18-13-20-19(12-17(18)22)27-14-28-20;;/h2-4,11-13H,5-10,14,22H2,1H3,(H,23,26);2*1H. The van der Waals surface area contributed by atoms with Crippen LogP contribution >= 0.6 is 24.8 Å². The van der Waals surface area contributed by atoms with Gasteiger partial charge in [0.05, 0.1) is 11.4 Å². The summed E-state index contributed by atoms with van der Waals surface area (Å²) in [6.07, 6.45) is 0.429. The van der Waals surface area contributed by atoms with Crippen molar-refractivity contribution in [2.24, 2.45) is 0 Å². The monoisotopic (exact) mass is 454 g/mol. The molecule has 2 aliphatic heterocycles. The second-order valence-electron chi connectivity index (χ2n) is 7.26. The second kappa shape index (κ2) is 10.6. The molecular formula is C21H28Cl2N4O3. The first-order valence-electron chi connectivity index (χ1n) is 9.61. The first-order chi connectivity index (χ1) is 13.6. The second-order valence-corrected chi connectivity index (χ2v) is 7.26. The summed E-state index contributed by atoms with van der Waals surface area (Å²) in [7, 11) is 0. The summed E-state index contributed by atoms with van der Waals surface area (Å²) in [5, 5.41) is 2.88. The molecule has 4 rings (SSSR count). The van der Waals surface area contributed by atoms with Crippen LogP contribution in [0.2, 0.25) is 0 Å². The van der Waals surface area contributed by atoms with Crippen LogP contribution in [0.1, 0.15) is 12.0 Å². The number of carbonyl (C=O) groups is 1. The molecule has 1 fully saturated rings. The van der Waals surface area contributed by atoms with Gasteiger partial charge in [0.15, 0.2) is 11.5 Å². The quantitative estimate of drug-likeness (QED) is 0.674. The molecule has 0 aliphatic carbocycles. The Bertz CT molecular complexity index is 873. The van der Waals surface area contributed by atoms with Gasteiger partial charge in [0, 0.05) is 57.0 Å². The number of rotatable bonds is 5. The van der Waals surface area contributed by atoms with Gasteiger partial charge >= 0.3 is 0 Å². The number of halogens is 2. The number of benzene rings is 2. The van der Waals surface area contributed by atoms with Gasteiger partial charge in [-0.15, -0.1) is 24.8 Å². The third-order valence-corrected chi connectivity index (χ3v) is 5.21. The summed E-state index contributed by atoms with van der Waals surface area (Å²) in [4.78, 5) is 17.1. The first kappa shape index (κ1) is 23.9. The highest BCUT2D eigenvalue weighted by atomic mass is 35.5. The number of nitrogens with zero attached hydrogens (tertiary/aromatic N) is 2. The Labute approximate surface area is 189 Å². The summed E-state index contributed by atoms with van der Waals surface area (Å²) in [6, 6.07) is 12.0. The number of ether oxygens (including phenoxy) is 2. The molecule has 1 saturated heterocycles. The fourth-order valence-electron chi connectivity index (χ4n) is 3.59. The lowest BCUT2D eigenvalue weighted by Gasteiger charge is -2.36. The van der Waals surface area contributed by atoms with E-state index < -0.39 is 0 Å². The molecule has 7 nitrogen and oxygen atoms in total. The van der Waals surface area contributed by atoms with E-state index in [0.717, 1.165) is 32.7 Å². The molecule has 2 aliphatic rings. The van der Waals surface area contributed by atoms with E-state index in [-0.39, 0.29) is 37.5 Å². The van der Waals surface area contributed by atoms with Crippen LogP contribution < -0.4 is 25.4 Å². The van der Waals surface area contributed by atoms with Crippen LogP contribution in [0, 0.1) is 6.92 Å². The van der Waals surface area contributed by atoms with Crippen molar-refractivity contribution in [1.29, 1.82) is 0 Å². The first-order valence-corrected chi connectivity index (χ1v) is 9.61. The van der Waals surface area contributed by atoms with E-state index in [0.29, 0.717) is 29.3 Å². The minimum Gasteiger partial charge on any atom is -0.454 e. The van der Waals surface area contributed by atoms with Crippen molar-refractivity contribution in [3.8, 4) is 11.5 Å². The number of carbonyl (C=O) groups excluding carboxylic acids is 1. The predicted molar refractivity (Wildman–Crippen MR) is 125 cm³/mol. The number of hydrogen-bond acceptors (Lipinski definition) is 6. The van der Waals surface area contributed by atoms with E-state index in [4.69, 9.17) is 15.2 Å². The molecule has 1 amide bonds. The van der Waals surface area contributed by atoms with Crippen molar-refractivity contribution in [3.05, 3.63) is 42.0 Å². The van der Waals surface area contributed by atoms with Gasteiger partial charge in [-0.3, -0.25) is 9.69 Å². The summed E-state index contributed by atoms with van der Waals surface area (Å²) in [6.45, 7) is 6.88. The van der Waals surface area contributed by atoms with Gasteiger partial charge in [-0.2, -0.15) is 0 Å². The van der Waals surface area contributed by atoms with Gasteiger partial charge in [0.2, 0.25) is 12.7 Å². The molecule has 9 heteroatoms. The Morgan fingerprint density at radius 2 is 1.77 bits per heavy atom. The lowest BCUT2D eigenvalue weighted by molar-refractivity contribution is -0.116. The number of anilines is 3. The Morgan fingerprint density at radius 3 is 2.47 bits per heavy atom. The topological polar surface area (TPSA) is 80.1 Å². The van der Waals surface area contributed by atoms with Crippen molar-refractivity contribution in [1.82, 2.24) is 4.90 Å². The number of aryl methyl sites for hydroxylation is 1. The summed E-state index contributed by atoms with van der Waals surface area (Å²) in [5.74, 6) is 1.17. The molecule has 0 radical (unpaired) electrons. The van der Waals surface area contributed by atoms with E-state index in [1.54, 1.807) is 12.1 Å². The van der Waals surface area contributed by atoms with Crippen LogP contribution in [0.4, 0.5) is 17.1 Å². The van der Waals surface area contributed by atoms with Crippen molar-refractivity contribution in [3.63, 3.8) is 0 Å². The lowest BCUT2D eigenvalue weighted by Crippen LogP contribution is -2.47. The Hall–Kier alpha value is -2.35. The van der Waals surface area contributed by atoms with Crippen LogP contribution in [-0.4, -0.2) is 50.3 Å². The molecule has 0 saturated carbocycles. The van der Waals surface area contributed by atoms with E-state index >= 15 is 0 Å². The average molecular weight is 455 g/mol. The molecule has 2 aromatic rings. The normalized spacial score (nSPS) is 15.2. The largest absolute Gasteiger partial charge is 0.454 e. The fourth-order valence-corrected chi connectivity index (χ4v) is 3.59. The van der Waals surface area contributed by atoms with Crippen LogP contribution in [0.25, 0.3) is 0 Å². The maximum Gasteiger partial charge on any atom is 0.231 e. The van der Waals surface area contributed by atoms with E-state index in [1.165, 1.54) is 11.3 Å². The number of nitrogen functional groups attached to an aromatic ring is 1. The highest BCUT2D eigenvalue weighted by Crippen LogP contribution is 2.38. The molecular weight excluding hydrogens is 427 g/mol. The van der Waals surface area contributed by atoms with Crippen molar-refractivity contribution < 1.29 is 14.3 Å². The minimum absolute atomic E-state index is 0. The number of piperazine rings is 1. The number of hydrogen-bond donors (Lipinski definition) is 2. The van der Waals surface area contributed by atoms with Crippen LogP contribution in [0.15, 0.2) is 36.4 Å². The molecule has 0 atom stereocenters. The molecule has 2 aromatic carbocycles. The van der Waals surface area contributed by atoms with Gasteiger partial charge in [-0.1, -0.05) is 12.1 Å². The number of amides is 1. The number of fused-ring (bicyclic) bond motifs is 1. The van der Waals surface area contributed by atoms with E-state index in [2.05, 4.69) is 46.3 Å². The predicted octanol–water partition coefficient (Wildman–Crippen LogP) is 3.30. The van der Waals surface area contributed by atoms with Crippen molar-refractivity contribution in [2.45, 2.75) is 13.3 Å². The van der Waals surface area contributed by atoms with E-state index in [1.807, 2.05) is 0 Å². The third-order valence-electron chi connectivity index (χ3n) is 5.21. The highest BCUT2D eigenvalue weighted by Gasteiger charge is 2.19. The van der Waals surface area contributed by atoms with Crippen molar-refractivity contribution in [2.75, 3.05) is 55.5 Å². The van der Waals surface area contributed by atoms with Gasteiger partial charge < -0.3 is 25.4 Å². The molecule has 0 bridgehead atoms. The van der Waals surface area contributed by atoms with Gasteiger partial charge in [-0.25, -0.2) is 0 Å². The Morgan fingerprint density at radius 1 is 1.07 bits per heavy atom. The third kappa shape index (κ3) is 5.62. The lowest BCUT2D eigenvalue weighted by atomic mass is 10.2. The maximum atomic E-state index is 12.4. The smallest absolute Gasteiger partial charge is 0.231 e. The maximum absolute atomic E-state index is 12.4. The van der Waals surface area contributed by atoms with Crippen LogP contribution in [0.5, 0.6) is 11.5 Å². The van der Waals surface area contributed by atoms with Crippen LogP contribution in [-0.2, 0) is 4.79 Å². The molecule has 0 unspecified atom stereocenters. The van der Waals surface area contributed by atoms with Gasteiger partial charge in [-0.05, 0) is 24.6 Å². The average Bonchev–Trinajstić information content (AvgIpc) is 3.14. The molecule has 0 aromatic heterocycles. The van der Waals surface area contributed by atoms with Crippen LogP contribution in [0.3, 0.4) is 0 Å². The molecule has 164 valence electrons. The fraction of sp³-hybridized carbons (Fsp3) is 0.381. The summed E-state index contributed by atoms with van der Waals surface area (Å²) >= 11 is 0. The van der Waals surface area contributed by atoms with Gasteiger partial charge in [0.25, 0.3) is 0 Å². The van der Waals surface area contributed by atoms with Crippen molar-refractivity contribution >= 4 is 47.8 Å². The molecule has 0 spiro atoms. The zero-order valence-corrected chi connectivity index (χ0v) is 18.6. The highest BCUT2D eigenvalue weighted by molar-refractivity contribution is 5.94. The summed E-state index contributed by atoms with van der Waals surface area (Å²) in [5.41, 5.74) is 9.59. The van der Waals surface area contributed by atoms with Gasteiger partial charge in [0.1, 0.15) is 0 Å².